The van der Waals surface area contributed by atoms with Crippen molar-refractivity contribution < 1.29 is 63.5 Å². The van der Waals surface area contributed by atoms with E-state index in [4.69, 9.17) is 33.2 Å². The Bertz CT molecular complexity index is 1580. The minimum Gasteiger partial charge on any atom is -0.504 e. The predicted molar refractivity (Wildman–Crippen MR) is 170 cm³/mol. The number of aliphatic hydroxyl groups excluding tert-OH is 4. The lowest BCUT2D eigenvalue weighted by Gasteiger charge is -2.40. The van der Waals surface area contributed by atoms with Crippen LogP contribution >= 0.6 is 0 Å². The minimum atomic E-state index is -1.70. The van der Waals surface area contributed by atoms with Gasteiger partial charge < -0.3 is 58.7 Å². The van der Waals surface area contributed by atoms with E-state index in [1.54, 1.807) is 25.3 Å². The Kier molecular flexibility index (Phi) is 11.2. The van der Waals surface area contributed by atoms with Gasteiger partial charge in [0.05, 0.1) is 39.4 Å². The van der Waals surface area contributed by atoms with Gasteiger partial charge in [0.15, 0.2) is 34.5 Å². The van der Waals surface area contributed by atoms with E-state index in [1.807, 2.05) is 6.07 Å². The number of phenols is 1. The molecular weight excluding hydrogens is 628 g/mol. The number of benzene rings is 3. The van der Waals surface area contributed by atoms with Crippen LogP contribution in [0.3, 0.4) is 0 Å². The number of aliphatic hydroxyl groups is 4. The molecule has 48 heavy (non-hydrogen) atoms. The number of aryl methyl sites for hydroxylation is 1. The second-order valence-electron chi connectivity index (χ2n) is 11.7. The number of carbonyl (C=O) groups excluding carboxylic acids is 1. The van der Waals surface area contributed by atoms with Gasteiger partial charge in [0.25, 0.3) is 0 Å². The third-order valence-electron chi connectivity index (χ3n) is 8.61. The molecule has 3 aromatic carbocycles. The molecule has 0 aromatic heterocycles. The topological polar surface area (TPSA) is 183 Å². The van der Waals surface area contributed by atoms with Crippen molar-refractivity contribution in [2.75, 3.05) is 34.5 Å². The first-order valence-electron chi connectivity index (χ1n) is 15.7. The molecule has 7 atom stereocenters. The van der Waals surface area contributed by atoms with E-state index in [0.29, 0.717) is 17.1 Å². The summed E-state index contributed by atoms with van der Waals surface area (Å²) in [7, 11) is 4.35. The van der Waals surface area contributed by atoms with E-state index in [2.05, 4.69) is 13.0 Å². The highest BCUT2D eigenvalue weighted by Crippen LogP contribution is 2.51. The number of methoxy groups -OCH3 is 3. The van der Waals surface area contributed by atoms with E-state index in [9.17, 15) is 30.3 Å². The van der Waals surface area contributed by atoms with Gasteiger partial charge in [-0.3, -0.25) is 0 Å². The van der Waals surface area contributed by atoms with Crippen molar-refractivity contribution in [2.45, 2.75) is 68.9 Å². The molecular formula is C35H42O13. The van der Waals surface area contributed by atoms with Gasteiger partial charge in [0.1, 0.15) is 37.1 Å². The number of fused-ring (bicyclic) bond motifs is 1. The van der Waals surface area contributed by atoms with Crippen molar-refractivity contribution >= 4 is 5.97 Å². The lowest BCUT2D eigenvalue weighted by Crippen LogP contribution is -2.60. The fourth-order valence-corrected chi connectivity index (χ4v) is 5.91. The number of phenolic OH excluding ortho intramolecular Hbond substituents is 1. The third kappa shape index (κ3) is 7.10. The molecule has 260 valence electrons. The van der Waals surface area contributed by atoms with Crippen LogP contribution in [-0.2, 0) is 15.9 Å². The van der Waals surface area contributed by atoms with Gasteiger partial charge >= 0.3 is 5.97 Å². The summed E-state index contributed by atoms with van der Waals surface area (Å²) in [6.45, 7) is 1.46. The van der Waals surface area contributed by atoms with Gasteiger partial charge in [-0.15, -0.1) is 0 Å². The first-order valence-corrected chi connectivity index (χ1v) is 15.7. The maximum Gasteiger partial charge on any atom is 0.338 e. The molecule has 1 saturated heterocycles. The van der Waals surface area contributed by atoms with Crippen LogP contribution in [0.5, 0.6) is 34.5 Å². The summed E-state index contributed by atoms with van der Waals surface area (Å²) in [5, 5.41) is 52.1. The summed E-state index contributed by atoms with van der Waals surface area (Å²) < 4.78 is 39.6. The first kappa shape index (κ1) is 35.0. The van der Waals surface area contributed by atoms with Gasteiger partial charge in [0.2, 0.25) is 6.29 Å². The number of hydrogen-bond donors (Lipinski definition) is 5. The number of esters is 1. The molecule has 0 aliphatic carbocycles. The average molecular weight is 671 g/mol. The number of hydrogen-bond acceptors (Lipinski definition) is 13. The monoisotopic (exact) mass is 670 g/mol. The highest BCUT2D eigenvalue weighted by Gasteiger charge is 2.46. The second-order valence-corrected chi connectivity index (χ2v) is 11.7. The molecule has 0 saturated carbocycles. The van der Waals surface area contributed by atoms with E-state index in [0.717, 1.165) is 30.4 Å². The van der Waals surface area contributed by atoms with E-state index < -0.39 is 49.4 Å². The summed E-state index contributed by atoms with van der Waals surface area (Å²) >= 11 is 0. The summed E-state index contributed by atoms with van der Waals surface area (Å²) in [6, 6.07) is 12.9. The molecule has 6 unspecified atom stereocenters. The fraction of sp³-hybridized carbons (Fsp3) is 0.457. The fourth-order valence-electron chi connectivity index (χ4n) is 5.91. The standard InChI is InChI=1S/C35H42O13/c1-5-6-7-18-12-21-22(16-36)32(48-33(21)27(13-18)44-4)19-9-11-24(26(14-19)43-3)46-35-31(40)30(39)29(38)28(47-35)17-45-34(41)20-8-10-23(37)25(15-20)42-2/h8-15,22,28-32,35-40H,5-7,16-17H2,1-4H3/t22-,28?,29?,30?,31?,32?,35?/m1/s1. The van der Waals surface area contributed by atoms with Gasteiger partial charge in [0, 0.05) is 5.56 Å². The van der Waals surface area contributed by atoms with Gasteiger partial charge in [-0.05, 0) is 60.4 Å². The highest BCUT2D eigenvalue weighted by atomic mass is 16.7. The number of rotatable bonds is 13. The molecule has 3 aromatic rings. The van der Waals surface area contributed by atoms with Crippen LogP contribution in [-0.4, -0.2) is 96.8 Å². The Morgan fingerprint density at radius 2 is 1.60 bits per heavy atom. The zero-order valence-corrected chi connectivity index (χ0v) is 27.2. The summed E-state index contributed by atoms with van der Waals surface area (Å²) in [5.74, 6) is 0.299. The molecule has 0 spiro atoms. The summed E-state index contributed by atoms with van der Waals surface area (Å²) in [6.07, 6.45) is -5.35. The lowest BCUT2D eigenvalue weighted by molar-refractivity contribution is -0.277. The molecule has 5 N–H and O–H groups in total. The number of unbranched alkanes of at least 4 members (excludes halogenated alkanes) is 1. The normalized spacial score (nSPS) is 24.7. The van der Waals surface area contributed by atoms with Crippen LogP contribution in [0.1, 0.15) is 58.8 Å². The third-order valence-corrected chi connectivity index (χ3v) is 8.61. The van der Waals surface area contributed by atoms with Crippen LogP contribution in [0.15, 0.2) is 48.5 Å². The minimum absolute atomic E-state index is 0.0672. The van der Waals surface area contributed by atoms with Crippen LogP contribution in [0, 0.1) is 0 Å². The molecule has 2 aliphatic heterocycles. The number of carbonyl (C=O) groups is 1. The maximum absolute atomic E-state index is 12.6. The van der Waals surface area contributed by atoms with Crippen LogP contribution in [0.2, 0.25) is 0 Å². The largest absolute Gasteiger partial charge is 0.504 e. The van der Waals surface area contributed by atoms with Gasteiger partial charge in [-0.2, -0.15) is 0 Å². The summed E-state index contributed by atoms with van der Waals surface area (Å²) in [4.78, 5) is 12.6. The molecule has 0 amide bonds. The molecule has 2 heterocycles. The van der Waals surface area contributed by atoms with Crippen molar-refractivity contribution in [2.24, 2.45) is 0 Å². The van der Waals surface area contributed by atoms with Crippen LogP contribution in [0.25, 0.3) is 0 Å². The summed E-state index contributed by atoms with van der Waals surface area (Å²) in [5.41, 5.74) is 2.71. The Morgan fingerprint density at radius 3 is 2.29 bits per heavy atom. The Morgan fingerprint density at radius 1 is 0.854 bits per heavy atom. The molecule has 5 rings (SSSR count). The maximum atomic E-state index is 12.6. The van der Waals surface area contributed by atoms with Gasteiger partial charge in [-0.25, -0.2) is 4.79 Å². The zero-order valence-electron chi connectivity index (χ0n) is 27.2. The van der Waals surface area contributed by atoms with Crippen molar-refractivity contribution in [3.05, 3.63) is 70.8 Å². The van der Waals surface area contributed by atoms with E-state index in [-0.39, 0.29) is 41.1 Å². The lowest BCUT2D eigenvalue weighted by atomic mass is 9.90. The van der Waals surface area contributed by atoms with Crippen LogP contribution in [0.4, 0.5) is 0 Å². The Balaban J connectivity index is 1.31. The number of ether oxygens (including phenoxy) is 7. The molecule has 13 nitrogen and oxygen atoms in total. The Hall–Kier alpha value is -4.27. The van der Waals surface area contributed by atoms with Crippen molar-refractivity contribution in [3.8, 4) is 34.5 Å². The quantitative estimate of drug-likeness (QED) is 0.168. The van der Waals surface area contributed by atoms with E-state index in [1.165, 1.54) is 32.4 Å². The molecule has 0 radical (unpaired) electrons. The second kappa shape index (κ2) is 15.3. The van der Waals surface area contributed by atoms with Crippen molar-refractivity contribution in [3.63, 3.8) is 0 Å². The number of aromatic hydroxyl groups is 1. The average Bonchev–Trinajstić information content (AvgIpc) is 3.48. The molecule has 13 heteroatoms. The van der Waals surface area contributed by atoms with Crippen LogP contribution < -0.4 is 23.7 Å². The zero-order chi connectivity index (χ0) is 34.5. The van der Waals surface area contributed by atoms with Crippen molar-refractivity contribution in [1.29, 1.82) is 0 Å². The van der Waals surface area contributed by atoms with Crippen molar-refractivity contribution in [1.82, 2.24) is 0 Å². The first-order chi connectivity index (χ1) is 23.1. The molecule has 0 bridgehead atoms. The highest BCUT2D eigenvalue weighted by molar-refractivity contribution is 5.90. The predicted octanol–water partition coefficient (Wildman–Crippen LogP) is 3.01. The Labute approximate surface area is 278 Å². The SMILES string of the molecule is CCCCc1cc(OC)c2c(c1)[C@@H](CO)C(c1ccc(OC3OC(COC(=O)c4ccc(O)c(OC)c4)C(O)C(O)C3O)c(OC)c1)O2. The smallest absolute Gasteiger partial charge is 0.338 e. The van der Waals surface area contributed by atoms with Gasteiger partial charge in [-0.1, -0.05) is 25.5 Å². The molecule has 2 aliphatic rings. The van der Waals surface area contributed by atoms with E-state index >= 15 is 0 Å². The molecule has 1 fully saturated rings.